The highest BCUT2D eigenvalue weighted by molar-refractivity contribution is 6.30. The fourth-order valence-electron chi connectivity index (χ4n) is 3.02. The minimum atomic E-state index is -4.63. The summed E-state index contributed by atoms with van der Waals surface area (Å²) in [5.74, 6) is -0.0110. The molecular weight excluding hydrogens is 379 g/mol. The Kier molecular flexibility index (Phi) is 5.60. The van der Waals surface area contributed by atoms with E-state index < -0.39 is 17.6 Å². The number of nitrogens with zero attached hydrogens (tertiary/aromatic N) is 2. The summed E-state index contributed by atoms with van der Waals surface area (Å²) in [5.41, 5.74) is -0.400. The third-order valence-corrected chi connectivity index (χ3v) is 4.90. The maximum atomic E-state index is 13.1. The number of nitrogens with one attached hydrogen (secondary N) is 1. The largest absolute Gasteiger partial charge is 0.418 e. The van der Waals surface area contributed by atoms with E-state index in [1.165, 1.54) is 12.1 Å². The number of hydrogen-bond donors (Lipinski definition) is 1. The van der Waals surface area contributed by atoms with Crippen molar-refractivity contribution in [2.24, 2.45) is 5.92 Å². The molecule has 0 unspecified atom stereocenters. The minimum Gasteiger partial charge on any atom is -0.370 e. The fourth-order valence-corrected chi connectivity index (χ4v) is 3.19. The Labute approximate surface area is 160 Å². The first-order valence-electron chi connectivity index (χ1n) is 8.63. The van der Waals surface area contributed by atoms with Crippen molar-refractivity contribution in [3.8, 4) is 0 Å². The van der Waals surface area contributed by atoms with Gasteiger partial charge in [0.1, 0.15) is 5.69 Å². The van der Waals surface area contributed by atoms with Gasteiger partial charge in [-0.1, -0.05) is 18.5 Å². The molecule has 1 fully saturated rings. The fraction of sp³-hybridized carbons (Fsp3) is 0.368. The molecule has 2 aromatic rings. The average molecular weight is 398 g/mol. The van der Waals surface area contributed by atoms with Gasteiger partial charge in [-0.05, 0) is 49.1 Å². The lowest BCUT2D eigenvalue weighted by molar-refractivity contribution is -0.136. The number of rotatable bonds is 3. The monoisotopic (exact) mass is 397 g/mol. The Bertz CT molecular complexity index is 816. The lowest BCUT2D eigenvalue weighted by Crippen LogP contribution is -2.32. The van der Waals surface area contributed by atoms with Crippen molar-refractivity contribution < 1.29 is 18.0 Å². The maximum absolute atomic E-state index is 13.1. The van der Waals surface area contributed by atoms with Gasteiger partial charge in [0, 0.05) is 18.1 Å². The summed E-state index contributed by atoms with van der Waals surface area (Å²) in [4.78, 5) is 18.6. The Morgan fingerprint density at radius 1 is 1.22 bits per heavy atom. The molecule has 1 aliphatic rings. The molecule has 1 saturated heterocycles. The number of halogens is 4. The molecule has 1 N–H and O–H groups in total. The zero-order chi connectivity index (χ0) is 19.6. The molecule has 0 spiro atoms. The van der Waals surface area contributed by atoms with E-state index in [-0.39, 0.29) is 16.4 Å². The second kappa shape index (κ2) is 7.76. The molecule has 3 rings (SSSR count). The van der Waals surface area contributed by atoms with Crippen LogP contribution in [-0.4, -0.2) is 24.0 Å². The van der Waals surface area contributed by atoms with Crippen molar-refractivity contribution in [2.75, 3.05) is 23.3 Å². The van der Waals surface area contributed by atoms with E-state index in [4.69, 9.17) is 11.6 Å². The Balaban J connectivity index is 1.74. The summed E-state index contributed by atoms with van der Waals surface area (Å²) in [6, 6.07) is 6.49. The van der Waals surface area contributed by atoms with Gasteiger partial charge < -0.3 is 10.2 Å². The maximum Gasteiger partial charge on any atom is 0.418 e. The van der Waals surface area contributed by atoms with Gasteiger partial charge in [-0.2, -0.15) is 13.2 Å². The molecule has 27 heavy (non-hydrogen) atoms. The first-order chi connectivity index (χ1) is 12.7. The Morgan fingerprint density at radius 2 is 1.93 bits per heavy atom. The molecule has 1 aliphatic heterocycles. The molecular formula is C19H19ClF3N3O. The third-order valence-electron chi connectivity index (χ3n) is 4.66. The molecule has 0 atom stereocenters. The summed E-state index contributed by atoms with van der Waals surface area (Å²) >= 11 is 5.65. The van der Waals surface area contributed by atoms with E-state index in [9.17, 15) is 18.0 Å². The normalized spacial score (nSPS) is 15.7. The van der Waals surface area contributed by atoms with Crippen LogP contribution in [0, 0.1) is 5.92 Å². The van der Waals surface area contributed by atoms with Crippen molar-refractivity contribution in [2.45, 2.75) is 25.9 Å². The summed E-state index contributed by atoms with van der Waals surface area (Å²) < 4.78 is 39.4. The highest BCUT2D eigenvalue weighted by Crippen LogP contribution is 2.36. The first-order valence-corrected chi connectivity index (χ1v) is 9.01. The first kappa shape index (κ1) is 19.5. The van der Waals surface area contributed by atoms with E-state index >= 15 is 0 Å². The topological polar surface area (TPSA) is 45.2 Å². The van der Waals surface area contributed by atoms with Gasteiger partial charge in [-0.25, -0.2) is 4.98 Å². The van der Waals surface area contributed by atoms with Crippen LogP contribution in [0.15, 0.2) is 36.5 Å². The van der Waals surface area contributed by atoms with E-state index in [2.05, 4.69) is 22.1 Å². The van der Waals surface area contributed by atoms with Gasteiger partial charge in [0.2, 0.25) is 0 Å². The molecule has 1 amide bonds. The van der Waals surface area contributed by atoms with Gasteiger partial charge in [-0.3, -0.25) is 4.79 Å². The average Bonchev–Trinajstić information content (AvgIpc) is 2.63. The van der Waals surface area contributed by atoms with Crippen LogP contribution in [0.3, 0.4) is 0 Å². The van der Waals surface area contributed by atoms with Crippen molar-refractivity contribution in [1.82, 2.24) is 4.98 Å². The second-order valence-corrected chi connectivity index (χ2v) is 7.15. The van der Waals surface area contributed by atoms with Crippen molar-refractivity contribution >= 4 is 28.9 Å². The van der Waals surface area contributed by atoms with Crippen molar-refractivity contribution in [3.05, 3.63) is 52.8 Å². The number of aromatic nitrogens is 1. The number of carbonyl (C=O) groups is 1. The summed E-state index contributed by atoms with van der Waals surface area (Å²) in [7, 11) is 0. The molecule has 8 heteroatoms. The van der Waals surface area contributed by atoms with Gasteiger partial charge in [-0.15, -0.1) is 0 Å². The van der Waals surface area contributed by atoms with Crippen LogP contribution >= 0.6 is 11.6 Å². The lowest BCUT2D eigenvalue weighted by atomic mass is 9.99. The predicted octanol–water partition coefficient (Wildman–Crippen LogP) is 5.24. The van der Waals surface area contributed by atoms with Crippen LogP contribution in [0.25, 0.3) is 0 Å². The molecule has 0 saturated carbocycles. The van der Waals surface area contributed by atoms with Crippen LogP contribution in [0.5, 0.6) is 0 Å². The third kappa shape index (κ3) is 4.71. The van der Waals surface area contributed by atoms with Crippen LogP contribution < -0.4 is 10.2 Å². The molecule has 0 bridgehead atoms. The number of benzene rings is 1. The number of alkyl halides is 3. The standard InChI is InChI=1S/C19H19ClF3N3O/c1-12-6-8-26(9-7-12)14-3-5-17(24-11-14)18(27)25-16-4-2-13(20)10-15(16)19(21,22)23/h2-5,10-12H,6-9H2,1H3,(H,25,27). The lowest BCUT2D eigenvalue weighted by Gasteiger charge is -2.31. The van der Waals surface area contributed by atoms with Crippen molar-refractivity contribution in [3.63, 3.8) is 0 Å². The predicted molar refractivity (Wildman–Crippen MR) is 99.3 cm³/mol. The minimum absolute atomic E-state index is 0.0483. The number of carbonyl (C=O) groups excluding carboxylic acids is 1. The smallest absolute Gasteiger partial charge is 0.370 e. The highest BCUT2D eigenvalue weighted by atomic mass is 35.5. The number of piperidine rings is 1. The molecule has 4 nitrogen and oxygen atoms in total. The quantitative estimate of drug-likeness (QED) is 0.770. The van der Waals surface area contributed by atoms with E-state index in [1.807, 2.05) is 0 Å². The highest BCUT2D eigenvalue weighted by Gasteiger charge is 2.34. The van der Waals surface area contributed by atoms with Crippen molar-refractivity contribution in [1.29, 1.82) is 0 Å². The van der Waals surface area contributed by atoms with E-state index in [0.717, 1.165) is 43.8 Å². The number of anilines is 2. The molecule has 0 aliphatic carbocycles. The van der Waals surface area contributed by atoms with Crippen LogP contribution in [-0.2, 0) is 6.18 Å². The van der Waals surface area contributed by atoms with Gasteiger partial charge >= 0.3 is 6.18 Å². The molecule has 2 heterocycles. The molecule has 144 valence electrons. The zero-order valence-corrected chi connectivity index (χ0v) is 15.4. The molecule has 1 aromatic heterocycles. The Hall–Kier alpha value is -2.28. The van der Waals surface area contributed by atoms with Crippen LogP contribution in [0.4, 0.5) is 24.5 Å². The number of hydrogen-bond acceptors (Lipinski definition) is 3. The SMILES string of the molecule is CC1CCN(c2ccc(C(=O)Nc3ccc(Cl)cc3C(F)(F)F)nc2)CC1. The second-order valence-electron chi connectivity index (χ2n) is 6.71. The van der Waals surface area contributed by atoms with Gasteiger partial charge in [0.15, 0.2) is 0 Å². The van der Waals surface area contributed by atoms with E-state index in [0.29, 0.717) is 5.92 Å². The molecule has 1 aromatic carbocycles. The zero-order valence-electron chi connectivity index (χ0n) is 14.7. The summed E-state index contributed by atoms with van der Waals surface area (Å²) in [6.07, 6.45) is -0.855. The van der Waals surface area contributed by atoms with Crippen LogP contribution in [0.2, 0.25) is 5.02 Å². The molecule has 0 radical (unpaired) electrons. The van der Waals surface area contributed by atoms with Gasteiger partial charge in [0.05, 0.1) is 23.1 Å². The number of pyridine rings is 1. The summed E-state index contributed by atoms with van der Waals surface area (Å²) in [5, 5.41) is 2.21. The Morgan fingerprint density at radius 3 is 2.52 bits per heavy atom. The van der Waals surface area contributed by atoms with Gasteiger partial charge in [0.25, 0.3) is 5.91 Å². The van der Waals surface area contributed by atoms with E-state index in [1.54, 1.807) is 12.3 Å². The van der Waals surface area contributed by atoms with Crippen LogP contribution in [0.1, 0.15) is 35.8 Å². The summed E-state index contributed by atoms with van der Waals surface area (Å²) in [6.45, 7) is 4.07. The number of amides is 1.